The molecule has 0 saturated carbocycles. The molecule has 0 saturated heterocycles. The molecule has 0 bridgehead atoms. The highest BCUT2D eigenvalue weighted by Crippen LogP contribution is 1.78. The first-order valence-corrected chi connectivity index (χ1v) is 2.80. The number of hydrogen-bond acceptors (Lipinski definition) is 2. The van der Waals surface area contributed by atoms with E-state index in [1.54, 1.807) is 25.5 Å². The Morgan fingerprint density at radius 1 is 1.44 bits per heavy atom. The van der Waals surface area contributed by atoms with Gasteiger partial charge >= 0.3 is 0 Å². The smallest absolute Gasteiger partial charge is 0.111 e. The number of rotatable bonds is 5. The topological polar surface area (TPSA) is 18.5 Å². The largest absolute Gasteiger partial charge is 0.499 e. The van der Waals surface area contributed by atoms with Crippen LogP contribution < -0.4 is 0 Å². The molecular formula is C7H12O2. The Hall–Kier alpha value is -0.760. The van der Waals surface area contributed by atoms with Gasteiger partial charge in [0.1, 0.15) is 6.61 Å². The molecule has 0 fully saturated rings. The van der Waals surface area contributed by atoms with Gasteiger partial charge in [-0.2, -0.15) is 0 Å². The molecule has 0 N–H and O–H groups in total. The van der Waals surface area contributed by atoms with Gasteiger partial charge in [-0.15, -0.1) is 0 Å². The summed E-state index contributed by atoms with van der Waals surface area (Å²) in [6, 6.07) is 0. The zero-order valence-electron chi connectivity index (χ0n) is 5.67. The van der Waals surface area contributed by atoms with Gasteiger partial charge in [-0.05, 0) is 6.08 Å². The maximum absolute atomic E-state index is 4.94. The molecule has 0 rings (SSSR count). The summed E-state index contributed by atoms with van der Waals surface area (Å²) in [4.78, 5) is 0. The first kappa shape index (κ1) is 8.24. The summed E-state index contributed by atoms with van der Waals surface area (Å²) in [6.45, 7) is 4.70. The minimum atomic E-state index is 0.598. The van der Waals surface area contributed by atoms with Crippen LogP contribution in [0.1, 0.15) is 0 Å². The SMILES string of the molecule is C=CC=COCCOC. The van der Waals surface area contributed by atoms with E-state index in [0.717, 1.165) is 0 Å². The Bertz CT molecular complexity index is 86.9. The lowest BCUT2D eigenvalue weighted by molar-refractivity contribution is 0.123. The van der Waals surface area contributed by atoms with Crippen molar-refractivity contribution < 1.29 is 9.47 Å². The zero-order chi connectivity index (χ0) is 6.95. The molecule has 0 aliphatic carbocycles. The highest BCUT2D eigenvalue weighted by molar-refractivity contribution is 4.92. The van der Waals surface area contributed by atoms with Gasteiger partial charge in [0.05, 0.1) is 12.9 Å². The zero-order valence-corrected chi connectivity index (χ0v) is 5.67. The van der Waals surface area contributed by atoms with E-state index in [-0.39, 0.29) is 0 Å². The average Bonchev–Trinajstić information content (AvgIpc) is 1.89. The van der Waals surface area contributed by atoms with Gasteiger partial charge in [-0.1, -0.05) is 12.7 Å². The van der Waals surface area contributed by atoms with Crippen molar-refractivity contribution in [3.63, 3.8) is 0 Å². The van der Waals surface area contributed by atoms with Crippen LogP contribution in [0.3, 0.4) is 0 Å². The van der Waals surface area contributed by atoms with Crippen LogP contribution in [0.15, 0.2) is 25.0 Å². The Labute approximate surface area is 55.8 Å². The molecule has 0 radical (unpaired) electrons. The molecule has 9 heavy (non-hydrogen) atoms. The molecule has 2 nitrogen and oxygen atoms in total. The van der Waals surface area contributed by atoms with Gasteiger partial charge in [0.25, 0.3) is 0 Å². The first-order valence-electron chi connectivity index (χ1n) is 2.80. The van der Waals surface area contributed by atoms with Crippen molar-refractivity contribution in [3.05, 3.63) is 25.0 Å². The lowest BCUT2D eigenvalue weighted by Gasteiger charge is -1.96. The Balaban J connectivity index is 2.90. The van der Waals surface area contributed by atoms with Crippen LogP contribution in [0.4, 0.5) is 0 Å². The van der Waals surface area contributed by atoms with Gasteiger partial charge in [-0.3, -0.25) is 0 Å². The van der Waals surface area contributed by atoms with E-state index in [1.165, 1.54) is 0 Å². The Morgan fingerprint density at radius 2 is 2.22 bits per heavy atom. The molecule has 0 aliphatic rings. The van der Waals surface area contributed by atoms with Gasteiger partial charge in [0.15, 0.2) is 0 Å². The minimum Gasteiger partial charge on any atom is -0.499 e. The first-order chi connectivity index (χ1) is 4.41. The number of methoxy groups -OCH3 is 1. The van der Waals surface area contributed by atoms with E-state index in [2.05, 4.69) is 6.58 Å². The minimum absolute atomic E-state index is 0.598. The van der Waals surface area contributed by atoms with Crippen LogP contribution in [0.5, 0.6) is 0 Å². The number of ether oxygens (including phenoxy) is 2. The number of allylic oxidation sites excluding steroid dienone is 2. The molecule has 0 atom stereocenters. The lowest BCUT2D eigenvalue weighted by Crippen LogP contribution is -1.96. The maximum atomic E-state index is 4.94. The normalized spacial score (nSPS) is 9.89. The fourth-order valence-electron chi connectivity index (χ4n) is 0.311. The highest BCUT2D eigenvalue weighted by Gasteiger charge is 1.76. The van der Waals surface area contributed by atoms with E-state index >= 15 is 0 Å². The molecule has 0 heterocycles. The summed E-state index contributed by atoms with van der Waals surface area (Å²) in [5, 5.41) is 0. The second kappa shape index (κ2) is 7.24. The third kappa shape index (κ3) is 7.24. The monoisotopic (exact) mass is 128 g/mol. The molecule has 0 spiro atoms. The Kier molecular flexibility index (Phi) is 6.63. The van der Waals surface area contributed by atoms with Crippen LogP contribution in [-0.4, -0.2) is 20.3 Å². The third-order valence-electron chi connectivity index (χ3n) is 0.716. The Morgan fingerprint density at radius 3 is 2.78 bits per heavy atom. The van der Waals surface area contributed by atoms with Gasteiger partial charge in [-0.25, -0.2) is 0 Å². The quantitative estimate of drug-likeness (QED) is 0.316. The second-order valence-electron chi connectivity index (χ2n) is 1.43. The van der Waals surface area contributed by atoms with Crippen molar-refractivity contribution in [2.75, 3.05) is 20.3 Å². The van der Waals surface area contributed by atoms with E-state index < -0.39 is 0 Å². The van der Waals surface area contributed by atoms with Crippen molar-refractivity contribution in [1.82, 2.24) is 0 Å². The van der Waals surface area contributed by atoms with Crippen molar-refractivity contribution in [1.29, 1.82) is 0 Å². The molecule has 0 unspecified atom stereocenters. The maximum Gasteiger partial charge on any atom is 0.111 e. The van der Waals surface area contributed by atoms with Gasteiger partial charge < -0.3 is 9.47 Å². The third-order valence-corrected chi connectivity index (χ3v) is 0.716. The van der Waals surface area contributed by atoms with Gasteiger partial charge in [0, 0.05) is 7.11 Å². The molecule has 0 amide bonds. The van der Waals surface area contributed by atoms with Crippen LogP contribution in [0.2, 0.25) is 0 Å². The van der Waals surface area contributed by atoms with Crippen molar-refractivity contribution in [2.24, 2.45) is 0 Å². The average molecular weight is 128 g/mol. The molecular weight excluding hydrogens is 116 g/mol. The van der Waals surface area contributed by atoms with Crippen molar-refractivity contribution >= 4 is 0 Å². The lowest BCUT2D eigenvalue weighted by atomic mass is 10.6. The van der Waals surface area contributed by atoms with Crippen LogP contribution in [-0.2, 0) is 9.47 Å². The van der Waals surface area contributed by atoms with Crippen LogP contribution in [0, 0.1) is 0 Å². The van der Waals surface area contributed by atoms with Crippen LogP contribution in [0.25, 0.3) is 0 Å². The second-order valence-corrected chi connectivity index (χ2v) is 1.43. The standard InChI is InChI=1S/C7H12O2/c1-3-4-5-9-7-6-8-2/h3-5H,1,6-7H2,2H3. The number of hydrogen-bond donors (Lipinski definition) is 0. The molecule has 2 heteroatoms. The van der Waals surface area contributed by atoms with Gasteiger partial charge in [0.2, 0.25) is 0 Å². The summed E-state index contributed by atoms with van der Waals surface area (Å²) in [6.07, 6.45) is 4.98. The van der Waals surface area contributed by atoms with E-state index in [4.69, 9.17) is 9.47 Å². The summed E-state index contributed by atoms with van der Waals surface area (Å²) in [5.41, 5.74) is 0. The molecule has 0 aromatic heterocycles. The summed E-state index contributed by atoms with van der Waals surface area (Å²) in [7, 11) is 1.64. The highest BCUT2D eigenvalue weighted by atomic mass is 16.5. The van der Waals surface area contributed by atoms with E-state index in [1.807, 2.05) is 0 Å². The molecule has 52 valence electrons. The van der Waals surface area contributed by atoms with E-state index in [9.17, 15) is 0 Å². The van der Waals surface area contributed by atoms with Crippen LogP contribution >= 0.6 is 0 Å². The summed E-state index contributed by atoms with van der Waals surface area (Å²) in [5.74, 6) is 0. The fraction of sp³-hybridized carbons (Fsp3) is 0.429. The fourth-order valence-corrected chi connectivity index (χ4v) is 0.311. The molecule has 0 aromatic rings. The van der Waals surface area contributed by atoms with E-state index in [0.29, 0.717) is 13.2 Å². The predicted octanol–water partition coefficient (Wildman–Crippen LogP) is 1.35. The summed E-state index contributed by atoms with van der Waals surface area (Å²) >= 11 is 0. The molecule has 0 aliphatic heterocycles. The predicted molar refractivity (Wildman–Crippen MR) is 37.2 cm³/mol. The van der Waals surface area contributed by atoms with Crippen molar-refractivity contribution in [2.45, 2.75) is 0 Å². The molecule has 0 aromatic carbocycles. The van der Waals surface area contributed by atoms with Crippen molar-refractivity contribution in [3.8, 4) is 0 Å². The summed E-state index contributed by atoms with van der Waals surface area (Å²) < 4.78 is 9.67.